The summed E-state index contributed by atoms with van der Waals surface area (Å²) >= 11 is 2.13. The Morgan fingerprint density at radius 1 is 1.24 bits per heavy atom. The van der Waals surface area contributed by atoms with E-state index in [9.17, 15) is 0 Å². The molecule has 0 aliphatic carbocycles. The second-order valence-electron chi connectivity index (χ2n) is 3.62. The summed E-state index contributed by atoms with van der Waals surface area (Å²) in [5.41, 5.74) is 7.58. The third-order valence-corrected chi connectivity index (χ3v) is 3.57. The van der Waals surface area contributed by atoms with E-state index in [1.807, 2.05) is 30.3 Å². The van der Waals surface area contributed by atoms with Crippen LogP contribution in [0.5, 0.6) is 0 Å². The first-order valence-electron chi connectivity index (χ1n) is 5.01. The van der Waals surface area contributed by atoms with Crippen molar-refractivity contribution in [3.8, 4) is 11.3 Å². The molecule has 0 saturated heterocycles. The number of aromatic nitrogens is 2. The maximum Gasteiger partial charge on any atom is 0.182 e. The van der Waals surface area contributed by atoms with Crippen LogP contribution in [-0.2, 0) is 0 Å². The highest BCUT2D eigenvalue weighted by Crippen LogP contribution is 2.30. The van der Waals surface area contributed by atoms with Gasteiger partial charge >= 0.3 is 0 Å². The van der Waals surface area contributed by atoms with E-state index in [-0.39, 0.29) is 0 Å². The van der Waals surface area contributed by atoms with E-state index in [0.29, 0.717) is 11.6 Å². The molecule has 2 heterocycles. The van der Waals surface area contributed by atoms with Gasteiger partial charge in [0.1, 0.15) is 3.57 Å². The van der Waals surface area contributed by atoms with Crippen molar-refractivity contribution < 1.29 is 4.52 Å². The monoisotopic (exact) mass is 337 g/mol. The summed E-state index contributed by atoms with van der Waals surface area (Å²) in [7, 11) is 0. The molecule has 0 fully saturated rings. The maximum absolute atomic E-state index is 5.67. The van der Waals surface area contributed by atoms with Gasteiger partial charge in [0.25, 0.3) is 0 Å². The van der Waals surface area contributed by atoms with Crippen LogP contribution in [0.4, 0.5) is 5.82 Å². The first-order chi connectivity index (χ1) is 8.25. The molecular weight excluding hydrogens is 329 g/mol. The summed E-state index contributed by atoms with van der Waals surface area (Å²) < 4.78 is 6.07. The fourth-order valence-electron chi connectivity index (χ4n) is 1.69. The third kappa shape index (κ3) is 1.76. The number of fused-ring (bicyclic) bond motifs is 1. The summed E-state index contributed by atoms with van der Waals surface area (Å²) in [4.78, 5) is 4.27. The number of rotatable bonds is 1. The minimum absolute atomic E-state index is 0.423. The fraction of sp³-hybridized carbons (Fsp3) is 0. The lowest BCUT2D eigenvalue weighted by molar-refractivity contribution is 0.435. The van der Waals surface area contributed by atoms with Crippen molar-refractivity contribution in [2.75, 3.05) is 5.73 Å². The standard InChI is InChI=1S/C12H8IN3O/c13-10-11(17-16-12(10)14)8-3-4-9-7(6-8)2-1-5-15-9/h1-6H,(H2,14,16). The second-order valence-corrected chi connectivity index (χ2v) is 4.70. The Kier molecular flexibility index (Phi) is 2.47. The molecule has 1 aromatic carbocycles. The second kappa shape index (κ2) is 3.99. The zero-order chi connectivity index (χ0) is 11.8. The van der Waals surface area contributed by atoms with E-state index >= 15 is 0 Å². The van der Waals surface area contributed by atoms with Crippen LogP contribution < -0.4 is 5.73 Å². The van der Waals surface area contributed by atoms with E-state index in [2.05, 4.69) is 32.7 Å². The Bertz CT molecular complexity index is 693. The minimum atomic E-state index is 0.423. The average molecular weight is 337 g/mol. The van der Waals surface area contributed by atoms with Gasteiger partial charge in [-0.1, -0.05) is 11.2 Å². The number of anilines is 1. The molecule has 0 saturated carbocycles. The number of hydrogen-bond donors (Lipinski definition) is 1. The smallest absolute Gasteiger partial charge is 0.182 e. The summed E-state index contributed by atoms with van der Waals surface area (Å²) in [5.74, 6) is 1.13. The lowest BCUT2D eigenvalue weighted by Gasteiger charge is -2.00. The number of pyridine rings is 1. The first kappa shape index (κ1) is 10.5. The molecule has 0 radical (unpaired) electrons. The summed E-state index contributed by atoms with van der Waals surface area (Å²) in [6, 6.07) is 9.85. The predicted octanol–water partition coefficient (Wildman–Crippen LogP) is 3.08. The molecule has 0 spiro atoms. The number of nitrogen functional groups attached to an aromatic ring is 1. The number of nitrogens with zero attached hydrogens (tertiary/aromatic N) is 2. The highest BCUT2D eigenvalue weighted by Gasteiger charge is 2.13. The van der Waals surface area contributed by atoms with Crippen LogP contribution in [0.3, 0.4) is 0 Å². The number of halogens is 1. The van der Waals surface area contributed by atoms with Crippen LogP contribution in [0, 0.1) is 3.57 Å². The molecule has 3 aromatic rings. The molecule has 2 N–H and O–H groups in total. The number of hydrogen-bond acceptors (Lipinski definition) is 4. The van der Waals surface area contributed by atoms with E-state index in [1.165, 1.54) is 0 Å². The SMILES string of the molecule is Nc1noc(-c2ccc3ncccc3c2)c1I. The molecule has 0 bridgehead atoms. The Balaban J connectivity index is 2.21. The van der Waals surface area contributed by atoms with Gasteiger partial charge in [-0.3, -0.25) is 4.98 Å². The molecule has 0 atom stereocenters. The van der Waals surface area contributed by atoms with Gasteiger partial charge in [-0.2, -0.15) is 0 Å². The largest absolute Gasteiger partial charge is 0.380 e. The van der Waals surface area contributed by atoms with Gasteiger partial charge < -0.3 is 10.3 Å². The topological polar surface area (TPSA) is 64.9 Å². The van der Waals surface area contributed by atoms with Crippen molar-refractivity contribution >= 4 is 39.3 Å². The van der Waals surface area contributed by atoms with Crippen molar-refractivity contribution in [2.45, 2.75) is 0 Å². The van der Waals surface area contributed by atoms with Gasteiger partial charge in [0, 0.05) is 17.1 Å². The summed E-state index contributed by atoms with van der Waals surface area (Å²) in [6.45, 7) is 0. The van der Waals surface area contributed by atoms with Crippen LogP contribution in [0.15, 0.2) is 41.1 Å². The van der Waals surface area contributed by atoms with Crippen LogP contribution in [-0.4, -0.2) is 10.1 Å². The minimum Gasteiger partial charge on any atom is -0.380 e. The number of benzene rings is 1. The van der Waals surface area contributed by atoms with Crippen molar-refractivity contribution in [1.82, 2.24) is 10.1 Å². The van der Waals surface area contributed by atoms with Gasteiger partial charge in [-0.15, -0.1) is 0 Å². The Labute approximate surface area is 111 Å². The molecule has 84 valence electrons. The van der Waals surface area contributed by atoms with E-state index < -0.39 is 0 Å². The zero-order valence-electron chi connectivity index (χ0n) is 8.72. The Morgan fingerprint density at radius 3 is 2.88 bits per heavy atom. The van der Waals surface area contributed by atoms with Crippen molar-refractivity contribution in [3.63, 3.8) is 0 Å². The molecule has 0 aliphatic heterocycles. The molecular formula is C12H8IN3O. The van der Waals surface area contributed by atoms with Crippen LogP contribution >= 0.6 is 22.6 Å². The molecule has 0 unspecified atom stereocenters. The number of nitrogens with two attached hydrogens (primary N) is 1. The van der Waals surface area contributed by atoms with E-state index in [0.717, 1.165) is 20.0 Å². The van der Waals surface area contributed by atoms with Gasteiger partial charge in [0.2, 0.25) is 0 Å². The maximum atomic E-state index is 5.67. The van der Waals surface area contributed by atoms with E-state index in [1.54, 1.807) is 6.20 Å². The van der Waals surface area contributed by atoms with Crippen molar-refractivity contribution in [3.05, 3.63) is 40.1 Å². The highest BCUT2D eigenvalue weighted by atomic mass is 127. The van der Waals surface area contributed by atoms with Crippen molar-refractivity contribution in [2.24, 2.45) is 0 Å². The quantitative estimate of drug-likeness (QED) is 0.693. The van der Waals surface area contributed by atoms with Gasteiger partial charge in [-0.05, 0) is 46.9 Å². The summed E-state index contributed by atoms with van der Waals surface area (Å²) in [6.07, 6.45) is 1.78. The Hall–Kier alpha value is -1.63. The highest BCUT2D eigenvalue weighted by molar-refractivity contribution is 14.1. The molecule has 0 aliphatic rings. The predicted molar refractivity (Wildman–Crippen MR) is 74.4 cm³/mol. The third-order valence-electron chi connectivity index (χ3n) is 2.52. The zero-order valence-corrected chi connectivity index (χ0v) is 10.9. The summed E-state index contributed by atoms with van der Waals surface area (Å²) in [5, 5.41) is 4.82. The van der Waals surface area contributed by atoms with Crippen LogP contribution in [0.25, 0.3) is 22.2 Å². The van der Waals surface area contributed by atoms with Crippen molar-refractivity contribution in [1.29, 1.82) is 0 Å². The normalized spacial score (nSPS) is 10.9. The lowest BCUT2D eigenvalue weighted by Crippen LogP contribution is -1.86. The molecule has 17 heavy (non-hydrogen) atoms. The molecule has 5 heteroatoms. The Morgan fingerprint density at radius 2 is 2.12 bits per heavy atom. The van der Waals surface area contributed by atoms with Gasteiger partial charge in [-0.25, -0.2) is 0 Å². The average Bonchev–Trinajstić information content (AvgIpc) is 2.70. The molecule has 4 nitrogen and oxygen atoms in total. The molecule has 0 amide bonds. The molecule has 2 aromatic heterocycles. The fourth-order valence-corrected chi connectivity index (χ4v) is 2.20. The first-order valence-corrected chi connectivity index (χ1v) is 6.09. The van der Waals surface area contributed by atoms with Crippen LogP contribution in [0.2, 0.25) is 0 Å². The van der Waals surface area contributed by atoms with Crippen LogP contribution in [0.1, 0.15) is 0 Å². The van der Waals surface area contributed by atoms with E-state index in [4.69, 9.17) is 10.3 Å². The van der Waals surface area contributed by atoms with Gasteiger partial charge in [0.05, 0.1) is 5.52 Å². The lowest BCUT2D eigenvalue weighted by atomic mass is 10.1. The molecule has 3 rings (SSSR count). The van der Waals surface area contributed by atoms with Gasteiger partial charge in [0.15, 0.2) is 11.6 Å².